The van der Waals surface area contributed by atoms with Crippen molar-refractivity contribution in [3.05, 3.63) is 0 Å². The van der Waals surface area contributed by atoms with E-state index in [1.165, 1.54) is 0 Å². The molecular formula is C17H37IN4O2. The van der Waals surface area contributed by atoms with Crippen molar-refractivity contribution in [3.63, 3.8) is 0 Å². The fourth-order valence-electron chi connectivity index (χ4n) is 1.73. The van der Waals surface area contributed by atoms with E-state index in [-0.39, 0.29) is 41.5 Å². The highest BCUT2D eigenvalue weighted by Crippen LogP contribution is 2.09. The molecule has 0 bridgehead atoms. The number of carbonyl (C=O) groups excluding carboxylic acids is 1. The fraction of sp³-hybridized carbons (Fsp3) is 0.882. The normalized spacial score (nSPS) is 13.8. The number of rotatable bonds is 5. The molecule has 0 saturated carbocycles. The monoisotopic (exact) mass is 456 g/mol. The number of hydrogen-bond donors (Lipinski definition) is 3. The van der Waals surface area contributed by atoms with E-state index in [2.05, 4.69) is 55.6 Å². The van der Waals surface area contributed by atoms with Gasteiger partial charge in [0.25, 0.3) is 0 Å². The van der Waals surface area contributed by atoms with Gasteiger partial charge in [-0.05, 0) is 54.4 Å². The van der Waals surface area contributed by atoms with Crippen LogP contribution >= 0.6 is 24.0 Å². The minimum Gasteiger partial charge on any atom is -0.444 e. The van der Waals surface area contributed by atoms with Gasteiger partial charge in [-0.2, -0.15) is 0 Å². The van der Waals surface area contributed by atoms with E-state index >= 15 is 0 Å². The van der Waals surface area contributed by atoms with E-state index < -0.39 is 11.7 Å². The van der Waals surface area contributed by atoms with E-state index in [4.69, 9.17) is 4.74 Å². The lowest BCUT2D eigenvalue weighted by Gasteiger charge is -2.26. The molecule has 144 valence electrons. The Balaban J connectivity index is 0. The molecule has 0 aliphatic carbocycles. The average Bonchev–Trinajstić information content (AvgIpc) is 2.29. The lowest BCUT2D eigenvalue weighted by molar-refractivity contribution is 0.0493. The van der Waals surface area contributed by atoms with Gasteiger partial charge in [0.15, 0.2) is 5.96 Å². The molecule has 0 radical (unpaired) electrons. The predicted octanol–water partition coefficient (Wildman–Crippen LogP) is 3.51. The van der Waals surface area contributed by atoms with Crippen LogP contribution in [0.1, 0.15) is 62.3 Å². The molecule has 0 aliphatic heterocycles. The molecular weight excluding hydrogens is 419 g/mol. The Bertz CT molecular complexity index is 398. The zero-order chi connectivity index (χ0) is 18.3. The number of halogens is 1. The van der Waals surface area contributed by atoms with Crippen LogP contribution in [0.5, 0.6) is 0 Å². The van der Waals surface area contributed by atoms with E-state index in [0.29, 0.717) is 6.54 Å². The zero-order valence-electron chi connectivity index (χ0n) is 16.7. The topological polar surface area (TPSA) is 74.8 Å². The van der Waals surface area contributed by atoms with Crippen molar-refractivity contribution in [3.8, 4) is 0 Å². The molecule has 3 N–H and O–H groups in total. The molecule has 0 spiro atoms. The lowest BCUT2D eigenvalue weighted by atomic mass is 10.1. The minimum atomic E-state index is -0.502. The summed E-state index contributed by atoms with van der Waals surface area (Å²) < 4.78 is 5.32. The molecule has 6 nitrogen and oxygen atoms in total. The predicted molar refractivity (Wildman–Crippen MR) is 112 cm³/mol. The van der Waals surface area contributed by atoms with Crippen molar-refractivity contribution >= 4 is 36.0 Å². The Labute approximate surface area is 165 Å². The van der Waals surface area contributed by atoms with Crippen LogP contribution in [-0.4, -0.2) is 42.3 Å². The number of ether oxygens (including phenoxy) is 1. The van der Waals surface area contributed by atoms with Crippen LogP contribution in [-0.2, 0) is 4.74 Å². The van der Waals surface area contributed by atoms with Gasteiger partial charge >= 0.3 is 6.09 Å². The van der Waals surface area contributed by atoms with Crippen molar-refractivity contribution in [2.75, 3.05) is 13.1 Å². The number of aliphatic imine (C=N–C) groups is 1. The summed E-state index contributed by atoms with van der Waals surface area (Å²) in [7, 11) is 0. The molecule has 1 amide bonds. The van der Waals surface area contributed by atoms with Gasteiger partial charge in [-0.25, -0.2) is 4.79 Å². The van der Waals surface area contributed by atoms with Gasteiger partial charge in [-0.15, -0.1) is 24.0 Å². The number of carbonyl (C=O) groups is 1. The standard InChI is InChI=1S/C17H36N4O2.HI/c1-10-18-14(21-16(4,5)6)19-11-13(12(2)3)20-15(22)23-17(7,8)9;/h12-13H,10-11H2,1-9H3,(H,20,22)(H2,18,19,21);1H. The van der Waals surface area contributed by atoms with E-state index in [1.54, 1.807) is 0 Å². The second kappa shape index (κ2) is 11.0. The summed E-state index contributed by atoms with van der Waals surface area (Å²) in [6.07, 6.45) is -0.403. The van der Waals surface area contributed by atoms with Crippen LogP contribution in [0, 0.1) is 5.92 Å². The zero-order valence-corrected chi connectivity index (χ0v) is 19.1. The highest BCUT2D eigenvalue weighted by molar-refractivity contribution is 14.0. The summed E-state index contributed by atoms with van der Waals surface area (Å²) in [4.78, 5) is 16.6. The number of hydrogen-bond acceptors (Lipinski definition) is 3. The Kier molecular flexibility index (Phi) is 11.7. The molecule has 0 saturated heterocycles. The van der Waals surface area contributed by atoms with Crippen LogP contribution in [0.25, 0.3) is 0 Å². The van der Waals surface area contributed by atoms with Crippen molar-refractivity contribution in [1.29, 1.82) is 0 Å². The fourth-order valence-corrected chi connectivity index (χ4v) is 1.73. The largest absolute Gasteiger partial charge is 0.444 e. The van der Waals surface area contributed by atoms with Crippen molar-refractivity contribution < 1.29 is 9.53 Å². The maximum absolute atomic E-state index is 12.0. The van der Waals surface area contributed by atoms with Crippen LogP contribution in [0.3, 0.4) is 0 Å². The smallest absolute Gasteiger partial charge is 0.407 e. The second-order valence-electron chi connectivity index (χ2n) is 8.09. The van der Waals surface area contributed by atoms with Crippen molar-refractivity contribution in [2.45, 2.75) is 79.5 Å². The van der Waals surface area contributed by atoms with Gasteiger partial charge in [0, 0.05) is 12.1 Å². The molecule has 0 rings (SSSR count). The highest BCUT2D eigenvalue weighted by atomic mass is 127. The molecule has 7 heteroatoms. The number of guanidine groups is 1. The molecule has 0 aromatic heterocycles. The number of amides is 1. The molecule has 0 heterocycles. The first-order valence-electron chi connectivity index (χ1n) is 8.40. The van der Waals surface area contributed by atoms with Crippen LogP contribution in [0.2, 0.25) is 0 Å². The molecule has 0 aromatic rings. The average molecular weight is 456 g/mol. The van der Waals surface area contributed by atoms with E-state index in [9.17, 15) is 4.79 Å². The van der Waals surface area contributed by atoms with Crippen LogP contribution in [0.15, 0.2) is 4.99 Å². The summed E-state index contributed by atoms with van der Waals surface area (Å²) in [5.74, 6) is 1.00. The molecule has 0 fully saturated rings. The second-order valence-corrected chi connectivity index (χ2v) is 8.09. The number of nitrogens with one attached hydrogen (secondary N) is 3. The highest BCUT2D eigenvalue weighted by Gasteiger charge is 2.21. The quantitative estimate of drug-likeness (QED) is 0.336. The number of alkyl carbamates (subject to hydrolysis) is 1. The Morgan fingerprint density at radius 2 is 1.67 bits per heavy atom. The summed E-state index contributed by atoms with van der Waals surface area (Å²) in [5, 5.41) is 9.47. The Hall–Kier alpha value is -0.730. The lowest BCUT2D eigenvalue weighted by Crippen LogP contribution is -2.49. The first-order valence-corrected chi connectivity index (χ1v) is 8.40. The van der Waals surface area contributed by atoms with Gasteiger partial charge in [0.1, 0.15) is 5.60 Å². The van der Waals surface area contributed by atoms with Gasteiger partial charge in [-0.1, -0.05) is 13.8 Å². The molecule has 1 atom stereocenters. The van der Waals surface area contributed by atoms with Gasteiger partial charge in [-0.3, -0.25) is 4.99 Å². The van der Waals surface area contributed by atoms with Gasteiger partial charge < -0.3 is 20.7 Å². The Morgan fingerprint density at radius 3 is 2.04 bits per heavy atom. The third-order valence-corrected chi connectivity index (χ3v) is 2.79. The van der Waals surface area contributed by atoms with Gasteiger partial charge in [0.2, 0.25) is 0 Å². The third-order valence-electron chi connectivity index (χ3n) is 2.79. The molecule has 24 heavy (non-hydrogen) atoms. The Morgan fingerprint density at radius 1 is 1.12 bits per heavy atom. The summed E-state index contributed by atoms with van der Waals surface area (Å²) in [5.41, 5.74) is -0.579. The van der Waals surface area contributed by atoms with E-state index in [0.717, 1.165) is 12.5 Å². The number of nitrogens with zero attached hydrogens (tertiary/aromatic N) is 1. The maximum Gasteiger partial charge on any atom is 0.407 e. The SMILES string of the molecule is CCNC(=NCC(NC(=O)OC(C)(C)C)C(C)C)NC(C)(C)C.I. The summed E-state index contributed by atoms with van der Waals surface area (Å²) in [6.45, 7) is 19.2. The van der Waals surface area contributed by atoms with Crippen molar-refractivity contribution in [1.82, 2.24) is 16.0 Å². The summed E-state index contributed by atoms with van der Waals surface area (Å²) >= 11 is 0. The van der Waals surface area contributed by atoms with Crippen molar-refractivity contribution in [2.24, 2.45) is 10.9 Å². The first kappa shape index (κ1) is 25.5. The maximum atomic E-state index is 12.0. The van der Waals surface area contributed by atoms with Gasteiger partial charge in [0.05, 0.1) is 12.6 Å². The van der Waals surface area contributed by atoms with E-state index in [1.807, 2.05) is 27.7 Å². The third kappa shape index (κ3) is 13.7. The minimum absolute atomic E-state index is 0. The van der Waals surface area contributed by atoms with Crippen LogP contribution < -0.4 is 16.0 Å². The van der Waals surface area contributed by atoms with Crippen LogP contribution in [0.4, 0.5) is 4.79 Å². The first-order chi connectivity index (χ1) is 10.3. The molecule has 0 aliphatic rings. The molecule has 0 aromatic carbocycles. The molecule has 1 unspecified atom stereocenters. The summed E-state index contributed by atoms with van der Waals surface area (Å²) in [6, 6.07) is -0.0831.